The van der Waals surface area contributed by atoms with Crippen molar-refractivity contribution < 1.29 is 9.59 Å². The quantitative estimate of drug-likeness (QED) is 0.742. The van der Waals surface area contributed by atoms with Crippen LogP contribution in [0.5, 0.6) is 0 Å². The van der Waals surface area contributed by atoms with Gasteiger partial charge in [-0.1, -0.05) is 32.9 Å². The van der Waals surface area contributed by atoms with E-state index >= 15 is 0 Å². The summed E-state index contributed by atoms with van der Waals surface area (Å²) in [5.41, 5.74) is 1.19. The number of hydrogen-bond acceptors (Lipinski definition) is 3. The first kappa shape index (κ1) is 21.4. The van der Waals surface area contributed by atoms with Crippen LogP contribution in [-0.2, 0) is 11.3 Å². The van der Waals surface area contributed by atoms with E-state index in [0.717, 1.165) is 5.56 Å². The normalized spacial score (nSPS) is 12.0. The highest BCUT2D eigenvalue weighted by molar-refractivity contribution is 5.94. The van der Waals surface area contributed by atoms with Crippen LogP contribution in [0.1, 0.15) is 43.6 Å². The van der Waals surface area contributed by atoms with E-state index in [9.17, 15) is 9.59 Å². The van der Waals surface area contributed by atoms with E-state index in [-0.39, 0.29) is 30.3 Å². The molecule has 1 atom stereocenters. The summed E-state index contributed by atoms with van der Waals surface area (Å²) >= 11 is 0. The van der Waals surface area contributed by atoms with Crippen molar-refractivity contribution in [3.63, 3.8) is 0 Å². The van der Waals surface area contributed by atoms with E-state index in [2.05, 4.69) is 16.0 Å². The van der Waals surface area contributed by atoms with Crippen LogP contribution in [0.2, 0.25) is 0 Å². The first-order chi connectivity index (χ1) is 10.2. The molecule has 0 aliphatic rings. The van der Waals surface area contributed by atoms with Gasteiger partial charge in [-0.2, -0.15) is 0 Å². The van der Waals surface area contributed by atoms with Gasteiger partial charge in [-0.05, 0) is 31.7 Å². The average Bonchev–Trinajstić information content (AvgIpc) is 2.49. The predicted octanol–water partition coefficient (Wildman–Crippen LogP) is 2.11. The standard InChI is InChI=1S/C17H27N3O2.ClH/c1-12(18-5)10-19-15(21)14-8-6-13(7-9-14)11-20-16(22)17(2,3)4;/h6-9,12,18H,10-11H2,1-5H3,(H,19,21)(H,20,22);1H. The fourth-order valence-corrected chi connectivity index (χ4v) is 1.67. The van der Waals surface area contributed by atoms with Crippen LogP contribution in [0.4, 0.5) is 0 Å². The summed E-state index contributed by atoms with van der Waals surface area (Å²) in [6.45, 7) is 8.68. The lowest BCUT2D eigenvalue weighted by Crippen LogP contribution is -2.37. The topological polar surface area (TPSA) is 70.2 Å². The Bertz CT molecular complexity index is 510. The Labute approximate surface area is 145 Å². The third-order valence-electron chi connectivity index (χ3n) is 3.41. The minimum atomic E-state index is -0.399. The zero-order chi connectivity index (χ0) is 16.8. The van der Waals surface area contributed by atoms with Crippen molar-refractivity contribution in [1.29, 1.82) is 0 Å². The van der Waals surface area contributed by atoms with Gasteiger partial charge in [0.25, 0.3) is 5.91 Å². The van der Waals surface area contributed by atoms with Gasteiger partial charge < -0.3 is 16.0 Å². The van der Waals surface area contributed by atoms with Gasteiger partial charge in [-0.3, -0.25) is 9.59 Å². The molecule has 0 saturated carbocycles. The van der Waals surface area contributed by atoms with Crippen LogP contribution in [-0.4, -0.2) is 31.4 Å². The predicted molar refractivity (Wildman–Crippen MR) is 95.8 cm³/mol. The maximum absolute atomic E-state index is 12.0. The minimum Gasteiger partial charge on any atom is -0.352 e. The van der Waals surface area contributed by atoms with Crippen molar-refractivity contribution in [2.45, 2.75) is 40.3 Å². The van der Waals surface area contributed by atoms with Gasteiger partial charge in [0.05, 0.1) is 0 Å². The van der Waals surface area contributed by atoms with E-state index in [0.29, 0.717) is 18.7 Å². The molecule has 0 aromatic heterocycles. The second-order valence-corrected chi connectivity index (χ2v) is 6.53. The van der Waals surface area contributed by atoms with Crippen LogP contribution < -0.4 is 16.0 Å². The van der Waals surface area contributed by atoms with Crippen LogP contribution in [0.25, 0.3) is 0 Å². The van der Waals surface area contributed by atoms with Crippen molar-refractivity contribution in [2.75, 3.05) is 13.6 Å². The van der Waals surface area contributed by atoms with Gasteiger partial charge >= 0.3 is 0 Å². The molecular weight excluding hydrogens is 314 g/mol. The summed E-state index contributed by atoms with van der Waals surface area (Å²) in [5, 5.41) is 8.82. The summed E-state index contributed by atoms with van der Waals surface area (Å²) in [6.07, 6.45) is 0. The summed E-state index contributed by atoms with van der Waals surface area (Å²) < 4.78 is 0. The maximum atomic E-state index is 12.0. The summed E-state index contributed by atoms with van der Waals surface area (Å²) in [4.78, 5) is 23.8. The number of amides is 2. The van der Waals surface area contributed by atoms with Crippen molar-refractivity contribution in [3.8, 4) is 0 Å². The van der Waals surface area contributed by atoms with Crippen LogP contribution >= 0.6 is 12.4 Å². The smallest absolute Gasteiger partial charge is 0.251 e. The maximum Gasteiger partial charge on any atom is 0.251 e. The molecule has 2 amide bonds. The largest absolute Gasteiger partial charge is 0.352 e. The molecule has 1 unspecified atom stereocenters. The fraction of sp³-hybridized carbons (Fsp3) is 0.529. The lowest BCUT2D eigenvalue weighted by Gasteiger charge is -2.17. The fourth-order valence-electron chi connectivity index (χ4n) is 1.67. The van der Waals surface area contributed by atoms with Gasteiger partial charge in [0.1, 0.15) is 0 Å². The zero-order valence-corrected chi connectivity index (χ0v) is 15.3. The molecule has 1 aromatic rings. The molecule has 0 aliphatic carbocycles. The molecule has 1 rings (SSSR count). The Hall–Kier alpha value is -1.59. The zero-order valence-electron chi connectivity index (χ0n) is 14.5. The van der Waals surface area contributed by atoms with Crippen molar-refractivity contribution in [2.24, 2.45) is 5.41 Å². The SMILES string of the molecule is CNC(C)CNC(=O)c1ccc(CNC(=O)C(C)(C)C)cc1.Cl. The Morgan fingerprint density at radius 2 is 1.65 bits per heavy atom. The second-order valence-electron chi connectivity index (χ2n) is 6.53. The van der Waals surface area contributed by atoms with Gasteiger partial charge in [-0.15, -0.1) is 12.4 Å². The van der Waals surface area contributed by atoms with Crippen molar-refractivity contribution >= 4 is 24.2 Å². The summed E-state index contributed by atoms with van der Waals surface area (Å²) in [5.74, 6) is -0.0808. The number of carbonyl (C=O) groups excluding carboxylic acids is 2. The Balaban J connectivity index is 0.00000484. The molecule has 5 nitrogen and oxygen atoms in total. The van der Waals surface area contributed by atoms with Crippen molar-refractivity contribution in [3.05, 3.63) is 35.4 Å². The molecule has 0 aliphatic heterocycles. The monoisotopic (exact) mass is 341 g/mol. The molecule has 130 valence electrons. The number of hydrogen-bond donors (Lipinski definition) is 3. The molecule has 0 spiro atoms. The Morgan fingerprint density at radius 1 is 1.09 bits per heavy atom. The molecular formula is C17H28ClN3O2. The molecule has 1 aromatic carbocycles. The average molecular weight is 342 g/mol. The highest BCUT2D eigenvalue weighted by Crippen LogP contribution is 2.13. The molecule has 3 N–H and O–H groups in total. The first-order valence-electron chi connectivity index (χ1n) is 7.56. The van der Waals surface area contributed by atoms with Gasteiger partial charge in [0, 0.05) is 30.1 Å². The highest BCUT2D eigenvalue weighted by atomic mass is 35.5. The molecule has 6 heteroatoms. The van der Waals surface area contributed by atoms with E-state index in [1.165, 1.54) is 0 Å². The summed E-state index contributed by atoms with van der Waals surface area (Å²) in [7, 11) is 1.86. The van der Waals surface area contributed by atoms with E-state index in [1.807, 2.05) is 46.9 Å². The van der Waals surface area contributed by atoms with E-state index < -0.39 is 5.41 Å². The van der Waals surface area contributed by atoms with Gasteiger partial charge in [-0.25, -0.2) is 0 Å². The van der Waals surface area contributed by atoms with Gasteiger partial charge in [0.2, 0.25) is 5.91 Å². The third kappa shape index (κ3) is 7.48. The lowest BCUT2D eigenvalue weighted by atomic mass is 9.95. The number of nitrogens with one attached hydrogen (secondary N) is 3. The molecule has 0 radical (unpaired) electrons. The molecule has 0 bridgehead atoms. The van der Waals surface area contributed by atoms with E-state index in [1.54, 1.807) is 12.1 Å². The minimum absolute atomic E-state index is 0. The van der Waals surface area contributed by atoms with Gasteiger partial charge in [0.15, 0.2) is 0 Å². The number of halogens is 1. The highest BCUT2D eigenvalue weighted by Gasteiger charge is 2.20. The lowest BCUT2D eigenvalue weighted by molar-refractivity contribution is -0.128. The van der Waals surface area contributed by atoms with Crippen LogP contribution in [0, 0.1) is 5.41 Å². The number of likely N-dealkylation sites (N-methyl/N-ethyl adjacent to an activating group) is 1. The summed E-state index contributed by atoms with van der Waals surface area (Å²) in [6, 6.07) is 7.50. The van der Waals surface area contributed by atoms with Crippen LogP contribution in [0.15, 0.2) is 24.3 Å². The molecule has 0 saturated heterocycles. The second kappa shape index (κ2) is 9.53. The third-order valence-corrected chi connectivity index (χ3v) is 3.41. The number of rotatable bonds is 6. The molecule has 23 heavy (non-hydrogen) atoms. The van der Waals surface area contributed by atoms with Crippen LogP contribution in [0.3, 0.4) is 0 Å². The molecule has 0 heterocycles. The Kier molecular flexibility index (Phi) is 8.87. The Morgan fingerprint density at radius 3 is 2.13 bits per heavy atom. The van der Waals surface area contributed by atoms with Crippen molar-refractivity contribution in [1.82, 2.24) is 16.0 Å². The van der Waals surface area contributed by atoms with E-state index in [4.69, 9.17) is 0 Å². The first-order valence-corrected chi connectivity index (χ1v) is 7.56. The number of carbonyl (C=O) groups is 2. The number of benzene rings is 1. The molecule has 0 fully saturated rings.